The maximum Gasteiger partial charge on any atom is 0.295 e. The summed E-state index contributed by atoms with van der Waals surface area (Å²) in [4.78, 5) is 0. The lowest BCUT2D eigenvalue weighted by molar-refractivity contribution is 0.236. The molecule has 2 N–H and O–H groups in total. The van der Waals surface area contributed by atoms with Crippen LogP contribution in [0.3, 0.4) is 0 Å². The third-order valence-corrected chi connectivity index (χ3v) is 3.80. The van der Waals surface area contributed by atoms with E-state index in [1.54, 1.807) is 6.92 Å². The van der Waals surface area contributed by atoms with Crippen molar-refractivity contribution in [2.24, 2.45) is 0 Å². The molecule has 0 spiro atoms. The molecule has 0 atom stereocenters. The fourth-order valence-corrected chi connectivity index (χ4v) is 2.63. The Bertz CT molecular complexity index is 726. The van der Waals surface area contributed by atoms with Crippen molar-refractivity contribution >= 4 is 15.7 Å². The molecule has 114 valence electrons. The number of hydrogen-bond donors (Lipinski definition) is 2. The zero-order valence-corrected chi connectivity index (χ0v) is 12.0. The predicted molar refractivity (Wildman–Crippen MR) is 73.0 cm³/mol. The van der Waals surface area contributed by atoms with E-state index in [9.17, 15) is 12.8 Å². The molecule has 1 aromatic heterocycles. The van der Waals surface area contributed by atoms with Crippen LogP contribution in [0.5, 0.6) is 5.75 Å². The van der Waals surface area contributed by atoms with Crippen LogP contribution in [0.15, 0.2) is 39.8 Å². The first kappa shape index (κ1) is 15.3. The Balaban J connectivity index is 2.22. The molecule has 0 aliphatic rings. The third kappa shape index (κ3) is 3.53. The van der Waals surface area contributed by atoms with Gasteiger partial charge in [0.15, 0.2) is 11.6 Å². The van der Waals surface area contributed by atoms with E-state index in [4.69, 9.17) is 14.3 Å². The number of hydrogen-bond acceptors (Lipinski definition) is 5. The van der Waals surface area contributed by atoms with Crippen molar-refractivity contribution < 1.29 is 27.1 Å². The van der Waals surface area contributed by atoms with Gasteiger partial charge in [0, 0.05) is 6.07 Å². The zero-order chi connectivity index (χ0) is 15.5. The molecule has 1 heterocycles. The second-order valence-corrected chi connectivity index (χ2v) is 5.68. The smallest absolute Gasteiger partial charge is 0.295 e. The summed E-state index contributed by atoms with van der Waals surface area (Å²) in [6.07, 6.45) is 0. The number of aliphatic hydroxyl groups excluding tert-OH is 1. The minimum absolute atomic E-state index is 0.0397. The number of sulfonamides is 1. The van der Waals surface area contributed by atoms with E-state index in [1.165, 1.54) is 24.3 Å². The summed E-state index contributed by atoms with van der Waals surface area (Å²) in [6.45, 7) is 1.61. The average Bonchev–Trinajstić information content (AvgIpc) is 2.91. The Morgan fingerprint density at radius 3 is 2.67 bits per heavy atom. The lowest BCUT2D eigenvalue weighted by Crippen LogP contribution is -2.12. The van der Waals surface area contributed by atoms with Crippen molar-refractivity contribution in [1.29, 1.82) is 0 Å². The highest BCUT2D eigenvalue weighted by Gasteiger charge is 2.19. The Hall–Kier alpha value is -2.06. The summed E-state index contributed by atoms with van der Waals surface area (Å²) in [5, 5.41) is 8.49. The first-order valence-corrected chi connectivity index (χ1v) is 7.59. The van der Waals surface area contributed by atoms with Crippen LogP contribution in [-0.2, 0) is 16.6 Å². The number of anilines is 1. The molecule has 1 aromatic carbocycles. The van der Waals surface area contributed by atoms with E-state index in [1.807, 2.05) is 0 Å². The summed E-state index contributed by atoms with van der Waals surface area (Å²) in [6, 6.07) is 6.27. The Morgan fingerprint density at radius 1 is 1.33 bits per heavy atom. The van der Waals surface area contributed by atoms with Crippen molar-refractivity contribution in [3.8, 4) is 5.75 Å². The van der Waals surface area contributed by atoms with Crippen molar-refractivity contribution in [2.75, 3.05) is 11.3 Å². The van der Waals surface area contributed by atoms with Crippen molar-refractivity contribution in [2.45, 2.75) is 18.6 Å². The number of ether oxygens (including phenoxy) is 1. The maximum atomic E-state index is 13.7. The molecule has 2 aromatic rings. The van der Waals surface area contributed by atoms with Gasteiger partial charge in [0.2, 0.25) is 5.09 Å². The van der Waals surface area contributed by atoms with Crippen LogP contribution in [0.2, 0.25) is 0 Å². The lowest BCUT2D eigenvalue weighted by Gasteiger charge is -2.08. The summed E-state index contributed by atoms with van der Waals surface area (Å²) >= 11 is 0. The minimum Gasteiger partial charge on any atom is -0.491 e. The average molecular weight is 315 g/mol. The number of rotatable bonds is 6. The van der Waals surface area contributed by atoms with E-state index < -0.39 is 22.4 Å². The highest BCUT2D eigenvalue weighted by molar-refractivity contribution is 7.92. The van der Waals surface area contributed by atoms with Gasteiger partial charge in [-0.3, -0.25) is 4.72 Å². The first-order chi connectivity index (χ1) is 9.96. The first-order valence-electron chi connectivity index (χ1n) is 6.11. The van der Waals surface area contributed by atoms with Crippen molar-refractivity contribution in [3.63, 3.8) is 0 Å². The second kappa shape index (κ2) is 6.15. The Labute approximate surface area is 121 Å². The summed E-state index contributed by atoms with van der Waals surface area (Å²) in [7, 11) is -3.98. The van der Waals surface area contributed by atoms with E-state index in [0.717, 1.165) is 6.07 Å². The number of furan rings is 1. The van der Waals surface area contributed by atoms with Gasteiger partial charge in [0.05, 0.1) is 12.3 Å². The minimum atomic E-state index is -3.98. The second-order valence-electron chi connectivity index (χ2n) is 4.06. The van der Waals surface area contributed by atoms with Gasteiger partial charge in [-0.25, -0.2) is 4.39 Å². The molecule has 0 unspecified atom stereocenters. The largest absolute Gasteiger partial charge is 0.491 e. The molecule has 0 saturated carbocycles. The molecule has 0 aliphatic carbocycles. The molecular weight excluding hydrogens is 301 g/mol. The van der Waals surface area contributed by atoms with Crippen LogP contribution in [0.4, 0.5) is 10.1 Å². The lowest BCUT2D eigenvalue weighted by atomic mass is 10.3. The van der Waals surface area contributed by atoms with Crippen LogP contribution >= 0.6 is 0 Å². The van der Waals surface area contributed by atoms with Gasteiger partial charge in [0.25, 0.3) is 10.0 Å². The van der Waals surface area contributed by atoms with Gasteiger partial charge in [-0.2, -0.15) is 8.42 Å². The predicted octanol–water partition coefficient (Wildman–Crippen LogP) is 2.11. The molecule has 0 aliphatic heterocycles. The highest BCUT2D eigenvalue weighted by atomic mass is 32.2. The Morgan fingerprint density at radius 2 is 2.10 bits per heavy atom. The molecule has 0 fully saturated rings. The molecule has 6 nitrogen and oxygen atoms in total. The fourth-order valence-electron chi connectivity index (χ4n) is 1.63. The monoisotopic (exact) mass is 315 g/mol. The van der Waals surface area contributed by atoms with Gasteiger partial charge in [0.1, 0.15) is 12.4 Å². The number of halogens is 1. The molecule has 0 saturated heterocycles. The zero-order valence-electron chi connectivity index (χ0n) is 11.2. The van der Waals surface area contributed by atoms with E-state index in [0.29, 0.717) is 6.61 Å². The standard InChI is InChI=1S/C13H14FNO5S/c1-2-19-12-5-3-9(7-11(12)14)15-21(17,18)13-6-4-10(8-16)20-13/h3-7,15-16H,2,8H2,1H3. The van der Waals surface area contributed by atoms with Gasteiger partial charge in [-0.15, -0.1) is 0 Å². The number of benzene rings is 1. The SMILES string of the molecule is CCOc1ccc(NS(=O)(=O)c2ccc(CO)o2)cc1F. The topological polar surface area (TPSA) is 88.8 Å². The van der Waals surface area contributed by atoms with E-state index >= 15 is 0 Å². The molecule has 0 bridgehead atoms. The van der Waals surface area contributed by atoms with Crippen LogP contribution in [0.25, 0.3) is 0 Å². The molecule has 0 amide bonds. The maximum absolute atomic E-state index is 13.7. The quantitative estimate of drug-likeness (QED) is 0.852. The van der Waals surface area contributed by atoms with Crippen LogP contribution in [0, 0.1) is 5.82 Å². The molecular formula is C13H14FNO5S. The van der Waals surface area contributed by atoms with E-state index in [-0.39, 0.29) is 22.3 Å². The van der Waals surface area contributed by atoms with Crippen molar-refractivity contribution in [1.82, 2.24) is 0 Å². The Kier molecular flexibility index (Phi) is 4.49. The fraction of sp³-hybridized carbons (Fsp3) is 0.231. The molecule has 21 heavy (non-hydrogen) atoms. The van der Waals surface area contributed by atoms with Crippen LogP contribution in [-0.4, -0.2) is 20.1 Å². The van der Waals surface area contributed by atoms with Gasteiger partial charge < -0.3 is 14.3 Å². The molecule has 0 radical (unpaired) electrons. The number of aliphatic hydroxyl groups is 1. The normalized spacial score (nSPS) is 11.4. The number of nitrogens with one attached hydrogen (secondary N) is 1. The van der Waals surface area contributed by atoms with Gasteiger partial charge in [-0.05, 0) is 31.2 Å². The van der Waals surface area contributed by atoms with E-state index in [2.05, 4.69) is 4.72 Å². The summed E-state index contributed by atoms with van der Waals surface area (Å²) in [5.74, 6) is -0.512. The summed E-state index contributed by atoms with van der Waals surface area (Å²) < 4.78 is 49.8. The van der Waals surface area contributed by atoms with Crippen LogP contribution in [0.1, 0.15) is 12.7 Å². The molecule has 8 heteroatoms. The van der Waals surface area contributed by atoms with Gasteiger partial charge in [-0.1, -0.05) is 0 Å². The molecule has 2 rings (SSSR count). The van der Waals surface area contributed by atoms with Gasteiger partial charge >= 0.3 is 0 Å². The summed E-state index contributed by atoms with van der Waals surface area (Å²) in [5.41, 5.74) is 0.0397. The highest BCUT2D eigenvalue weighted by Crippen LogP contribution is 2.24. The van der Waals surface area contributed by atoms with Crippen LogP contribution < -0.4 is 9.46 Å². The van der Waals surface area contributed by atoms with Crippen molar-refractivity contribution in [3.05, 3.63) is 41.9 Å². The third-order valence-electron chi connectivity index (χ3n) is 2.54.